The molecule has 122 valence electrons. The van der Waals surface area contributed by atoms with E-state index in [4.69, 9.17) is 9.47 Å². The Morgan fingerprint density at radius 2 is 1.67 bits per heavy atom. The molecular formula is C19H17NO4. The van der Waals surface area contributed by atoms with Gasteiger partial charge in [0.2, 0.25) is 0 Å². The molecule has 4 rings (SSSR count). The number of benzene rings is 2. The van der Waals surface area contributed by atoms with E-state index in [-0.39, 0.29) is 17.9 Å². The summed E-state index contributed by atoms with van der Waals surface area (Å²) in [5.74, 6) is 0.123. The number of carbonyl (C=O) groups is 2. The minimum absolute atomic E-state index is 0.154. The number of carbonyl (C=O) groups excluding carboxylic acids is 2. The molecule has 1 fully saturated rings. The molecule has 5 nitrogen and oxygen atoms in total. The quantitative estimate of drug-likeness (QED) is 0.812. The van der Waals surface area contributed by atoms with Crippen molar-refractivity contribution in [1.29, 1.82) is 0 Å². The van der Waals surface area contributed by atoms with Crippen molar-refractivity contribution in [3.63, 3.8) is 0 Å². The smallest absolute Gasteiger partial charge is 0.266 e. The van der Waals surface area contributed by atoms with Gasteiger partial charge in [-0.2, -0.15) is 0 Å². The summed E-state index contributed by atoms with van der Waals surface area (Å²) in [5.41, 5.74) is 1.44. The lowest BCUT2D eigenvalue weighted by atomic mass is 10.1. The van der Waals surface area contributed by atoms with Crippen LogP contribution in [0.5, 0.6) is 5.75 Å². The molecule has 0 unspecified atom stereocenters. The fourth-order valence-electron chi connectivity index (χ4n) is 3.08. The molecule has 1 atom stereocenters. The largest absolute Gasteiger partial charge is 0.491 e. The van der Waals surface area contributed by atoms with Gasteiger partial charge >= 0.3 is 0 Å². The topological polar surface area (TPSA) is 55.8 Å². The number of hydrogen-bond donors (Lipinski definition) is 0. The van der Waals surface area contributed by atoms with Crippen LogP contribution in [0.3, 0.4) is 0 Å². The summed E-state index contributed by atoms with van der Waals surface area (Å²) in [6.07, 6.45) is 2.25. The molecular weight excluding hydrogens is 306 g/mol. The molecule has 0 radical (unpaired) electrons. The summed E-state index contributed by atoms with van der Waals surface area (Å²) in [5, 5.41) is 0. The van der Waals surface area contributed by atoms with Gasteiger partial charge in [-0.05, 0) is 49.2 Å². The number of ether oxygens (including phenoxy) is 2. The van der Waals surface area contributed by atoms with Gasteiger partial charge in [-0.15, -0.1) is 0 Å². The number of hydrogen-bond acceptors (Lipinski definition) is 4. The van der Waals surface area contributed by atoms with Crippen LogP contribution in [-0.4, -0.2) is 31.1 Å². The highest BCUT2D eigenvalue weighted by Gasteiger charge is 2.36. The van der Waals surface area contributed by atoms with Crippen LogP contribution in [0.15, 0.2) is 48.5 Å². The number of anilines is 1. The Hall–Kier alpha value is -2.66. The summed E-state index contributed by atoms with van der Waals surface area (Å²) < 4.78 is 11.2. The fraction of sp³-hybridized carbons (Fsp3) is 0.263. The minimum atomic E-state index is -0.288. The second kappa shape index (κ2) is 6.09. The third-order valence-electron chi connectivity index (χ3n) is 4.35. The Balaban J connectivity index is 1.49. The normalized spacial score (nSPS) is 19.7. The molecule has 2 aromatic rings. The van der Waals surface area contributed by atoms with E-state index in [1.54, 1.807) is 48.5 Å². The Kier molecular flexibility index (Phi) is 3.78. The zero-order valence-corrected chi connectivity index (χ0v) is 13.1. The Morgan fingerprint density at radius 3 is 2.25 bits per heavy atom. The van der Waals surface area contributed by atoms with E-state index in [0.29, 0.717) is 29.2 Å². The number of nitrogens with zero attached hydrogens (tertiary/aromatic N) is 1. The van der Waals surface area contributed by atoms with Gasteiger partial charge in [0.15, 0.2) is 0 Å². The van der Waals surface area contributed by atoms with Crippen molar-refractivity contribution < 1.29 is 19.1 Å². The second-order valence-electron chi connectivity index (χ2n) is 5.93. The average Bonchev–Trinajstić information content (AvgIpc) is 3.22. The van der Waals surface area contributed by atoms with Crippen molar-refractivity contribution in [3.05, 3.63) is 59.7 Å². The lowest BCUT2D eigenvalue weighted by molar-refractivity contribution is 0.0679. The van der Waals surface area contributed by atoms with Gasteiger partial charge in [0.1, 0.15) is 12.4 Å². The maximum absolute atomic E-state index is 12.4. The summed E-state index contributed by atoms with van der Waals surface area (Å²) in [7, 11) is 0. The summed E-state index contributed by atoms with van der Waals surface area (Å²) in [4.78, 5) is 26.1. The summed E-state index contributed by atoms with van der Waals surface area (Å²) in [6, 6.07) is 13.9. The molecule has 2 aromatic carbocycles. The Labute approximate surface area is 139 Å². The van der Waals surface area contributed by atoms with Gasteiger partial charge in [-0.25, -0.2) is 4.90 Å². The molecule has 2 amide bonds. The highest BCUT2D eigenvalue weighted by molar-refractivity contribution is 6.34. The predicted octanol–water partition coefficient (Wildman–Crippen LogP) is 3.05. The van der Waals surface area contributed by atoms with E-state index in [1.165, 1.54) is 4.90 Å². The van der Waals surface area contributed by atoms with Crippen molar-refractivity contribution in [3.8, 4) is 5.75 Å². The van der Waals surface area contributed by atoms with Crippen LogP contribution in [0.2, 0.25) is 0 Å². The van der Waals surface area contributed by atoms with Crippen LogP contribution in [0.1, 0.15) is 33.6 Å². The summed E-state index contributed by atoms with van der Waals surface area (Å²) >= 11 is 0. The molecule has 2 heterocycles. The van der Waals surface area contributed by atoms with Gasteiger partial charge in [0.05, 0.1) is 22.9 Å². The Morgan fingerprint density at radius 1 is 1.00 bits per heavy atom. The molecule has 1 saturated heterocycles. The van der Waals surface area contributed by atoms with E-state index in [1.807, 2.05) is 0 Å². The average molecular weight is 323 g/mol. The van der Waals surface area contributed by atoms with Crippen LogP contribution < -0.4 is 9.64 Å². The third kappa shape index (κ3) is 2.57. The van der Waals surface area contributed by atoms with Crippen LogP contribution in [0.4, 0.5) is 5.69 Å². The zero-order valence-electron chi connectivity index (χ0n) is 13.1. The first-order valence-electron chi connectivity index (χ1n) is 8.06. The van der Waals surface area contributed by atoms with Gasteiger partial charge < -0.3 is 9.47 Å². The van der Waals surface area contributed by atoms with Gasteiger partial charge in [-0.3, -0.25) is 9.59 Å². The molecule has 0 aromatic heterocycles. The van der Waals surface area contributed by atoms with Gasteiger partial charge in [-0.1, -0.05) is 12.1 Å². The van der Waals surface area contributed by atoms with E-state index >= 15 is 0 Å². The maximum Gasteiger partial charge on any atom is 0.266 e. The van der Waals surface area contributed by atoms with E-state index in [9.17, 15) is 9.59 Å². The molecule has 5 heteroatoms. The van der Waals surface area contributed by atoms with Crippen LogP contribution in [-0.2, 0) is 4.74 Å². The highest BCUT2D eigenvalue weighted by Crippen LogP contribution is 2.29. The molecule has 0 N–H and O–H groups in total. The maximum atomic E-state index is 12.4. The molecule has 0 bridgehead atoms. The number of rotatable bonds is 4. The summed E-state index contributed by atoms with van der Waals surface area (Å²) in [6.45, 7) is 1.32. The van der Waals surface area contributed by atoms with E-state index < -0.39 is 0 Å². The fourth-order valence-corrected chi connectivity index (χ4v) is 3.08. The van der Waals surface area contributed by atoms with Crippen LogP contribution in [0.25, 0.3) is 0 Å². The standard InChI is InChI=1S/C19H17NO4/c21-18-16-5-1-2-6-17(16)19(22)20(18)13-7-9-14(10-8-13)24-12-15-4-3-11-23-15/h1-2,5-10,15H,3-4,11-12H2/t15-/m0/s1. The molecule has 2 aliphatic heterocycles. The first-order chi connectivity index (χ1) is 11.7. The van der Waals surface area contributed by atoms with Crippen molar-refractivity contribution in [2.24, 2.45) is 0 Å². The van der Waals surface area contributed by atoms with Crippen molar-refractivity contribution in [1.82, 2.24) is 0 Å². The lowest BCUT2D eigenvalue weighted by Gasteiger charge is -2.15. The molecule has 0 saturated carbocycles. The highest BCUT2D eigenvalue weighted by atomic mass is 16.5. The SMILES string of the molecule is O=C1c2ccccc2C(=O)N1c1ccc(OC[C@@H]2CCCO2)cc1. The first kappa shape index (κ1) is 14.9. The minimum Gasteiger partial charge on any atom is -0.491 e. The van der Waals surface area contributed by atoms with Crippen LogP contribution >= 0.6 is 0 Å². The van der Waals surface area contributed by atoms with Gasteiger partial charge in [0, 0.05) is 6.61 Å². The molecule has 0 aliphatic carbocycles. The van der Waals surface area contributed by atoms with Crippen molar-refractivity contribution >= 4 is 17.5 Å². The van der Waals surface area contributed by atoms with Crippen molar-refractivity contribution in [2.75, 3.05) is 18.1 Å². The number of amides is 2. The third-order valence-corrected chi connectivity index (χ3v) is 4.35. The van der Waals surface area contributed by atoms with Crippen LogP contribution in [0, 0.1) is 0 Å². The molecule has 2 aliphatic rings. The van der Waals surface area contributed by atoms with E-state index in [0.717, 1.165) is 19.4 Å². The number of imide groups is 1. The first-order valence-corrected chi connectivity index (χ1v) is 8.06. The van der Waals surface area contributed by atoms with E-state index in [2.05, 4.69) is 0 Å². The predicted molar refractivity (Wildman–Crippen MR) is 88.5 cm³/mol. The number of fused-ring (bicyclic) bond motifs is 1. The monoisotopic (exact) mass is 323 g/mol. The second-order valence-corrected chi connectivity index (χ2v) is 5.93. The molecule has 0 spiro atoms. The van der Waals surface area contributed by atoms with Gasteiger partial charge in [0.25, 0.3) is 11.8 Å². The Bertz CT molecular complexity index is 743. The van der Waals surface area contributed by atoms with Crippen molar-refractivity contribution in [2.45, 2.75) is 18.9 Å². The molecule has 24 heavy (non-hydrogen) atoms. The zero-order chi connectivity index (χ0) is 16.5. The lowest BCUT2D eigenvalue weighted by Crippen LogP contribution is -2.29.